The van der Waals surface area contributed by atoms with Gasteiger partial charge in [0.25, 0.3) is 0 Å². The predicted octanol–water partition coefficient (Wildman–Crippen LogP) is 4.85. The minimum atomic E-state index is 0.508. The maximum absolute atomic E-state index is 4.03. The minimum absolute atomic E-state index is 0.508. The Balaban J connectivity index is 1.69. The highest BCUT2D eigenvalue weighted by Crippen LogP contribution is 2.34. The number of nitrogens with one attached hydrogen (secondary N) is 2. The van der Waals surface area contributed by atoms with Crippen molar-refractivity contribution in [1.82, 2.24) is 10.2 Å². The molecule has 112 valence electrons. The molecule has 1 aliphatic rings. The highest BCUT2D eigenvalue weighted by atomic mass is 15.1. The van der Waals surface area contributed by atoms with Gasteiger partial charge in [0.15, 0.2) is 0 Å². The predicted molar refractivity (Wildman–Crippen MR) is 88.3 cm³/mol. The fourth-order valence-corrected chi connectivity index (χ4v) is 3.23. The molecule has 3 heteroatoms. The van der Waals surface area contributed by atoms with Gasteiger partial charge < -0.3 is 5.32 Å². The molecule has 1 saturated carbocycles. The third-order valence-electron chi connectivity index (χ3n) is 4.62. The molecule has 0 amide bonds. The summed E-state index contributed by atoms with van der Waals surface area (Å²) in [7, 11) is 0. The molecule has 1 atom stereocenters. The highest BCUT2D eigenvalue weighted by Gasteiger charge is 2.24. The van der Waals surface area contributed by atoms with Crippen LogP contribution in [-0.4, -0.2) is 16.2 Å². The second kappa shape index (κ2) is 5.92. The molecule has 2 aromatic rings. The lowest BCUT2D eigenvalue weighted by molar-refractivity contribution is 0.313. The number of hydrogen-bond donors (Lipinski definition) is 2. The summed E-state index contributed by atoms with van der Waals surface area (Å²) in [4.78, 5) is 0. The van der Waals surface area contributed by atoms with E-state index >= 15 is 0 Å². The molecule has 0 saturated heterocycles. The lowest BCUT2D eigenvalue weighted by Crippen LogP contribution is -2.19. The Hall–Kier alpha value is -1.77. The van der Waals surface area contributed by atoms with Crippen molar-refractivity contribution in [3.8, 4) is 11.3 Å². The molecule has 0 radical (unpaired) electrons. The molecule has 1 fully saturated rings. The average Bonchev–Trinajstić information content (AvgIpc) is 2.93. The Bertz CT molecular complexity index is 572. The highest BCUT2D eigenvalue weighted by molar-refractivity contribution is 5.64. The van der Waals surface area contributed by atoms with E-state index in [1.54, 1.807) is 6.20 Å². The van der Waals surface area contributed by atoms with Crippen molar-refractivity contribution in [2.45, 2.75) is 52.0 Å². The van der Waals surface area contributed by atoms with Gasteiger partial charge in [-0.15, -0.1) is 0 Å². The number of aromatic nitrogens is 2. The van der Waals surface area contributed by atoms with Crippen molar-refractivity contribution in [1.29, 1.82) is 0 Å². The van der Waals surface area contributed by atoms with Crippen molar-refractivity contribution in [2.24, 2.45) is 5.41 Å². The lowest BCUT2D eigenvalue weighted by Gasteiger charge is -2.22. The van der Waals surface area contributed by atoms with Crippen LogP contribution in [0, 0.1) is 5.41 Å². The molecular formula is C18H25N3. The van der Waals surface area contributed by atoms with Gasteiger partial charge in [-0.3, -0.25) is 5.10 Å². The smallest absolute Gasteiger partial charge is 0.0650 e. The van der Waals surface area contributed by atoms with Crippen LogP contribution in [0.3, 0.4) is 0 Å². The summed E-state index contributed by atoms with van der Waals surface area (Å²) >= 11 is 0. The van der Waals surface area contributed by atoms with Gasteiger partial charge in [-0.05, 0) is 49.3 Å². The Morgan fingerprint density at radius 2 is 2.10 bits per heavy atom. The third kappa shape index (κ3) is 3.66. The second-order valence-corrected chi connectivity index (χ2v) is 6.99. The first-order chi connectivity index (χ1) is 10.1. The molecule has 1 aliphatic carbocycles. The van der Waals surface area contributed by atoms with Crippen LogP contribution < -0.4 is 5.32 Å². The van der Waals surface area contributed by atoms with Crippen LogP contribution in [0.1, 0.15) is 46.0 Å². The monoisotopic (exact) mass is 283 g/mol. The number of nitrogens with zero attached hydrogens (tertiary/aromatic N) is 1. The first kappa shape index (κ1) is 14.2. The molecule has 1 aromatic carbocycles. The zero-order valence-electron chi connectivity index (χ0n) is 13.0. The van der Waals surface area contributed by atoms with Crippen molar-refractivity contribution < 1.29 is 0 Å². The summed E-state index contributed by atoms with van der Waals surface area (Å²) in [6, 6.07) is 11.2. The quantitative estimate of drug-likeness (QED) is 0.791. The SMILES string of the molecule is CC1(C)CCCC(Nc2cccc(-c3ccn[nH]3)c2)CC1. The number of H-pyrrole nitrogens is 1. The van der Waals surface area contributed by atoms with Gasteiger partial charge in [0.05, 0.1) is 5.69 Å². The number of rotatable bonds is 3. The molecule has 0 aliphatic heterocycles. The van der Waals surface area contributed by atoms with Gasteiger partial charge >= 0.3 is 0 Å². The Morgan fingerprint density at radius 1 is 1.19 bits per heavy atom. The molecular weight excluding hydrogens is 258 g/mol. The average molecular weight is 283 g/mol. The van der Waals surface area contributed by atoms with E-state index in [2.05, 4.69) is 53.6 Å². The summed E-state index contributed by atoms with van der Waals surface area (Å²) in [5, 5.41) is 10.8. The molecule has 3 rings (SSSR count). The fraction of sp³-hybridized carbons (Fsp3) is 0.500. The van der Waals surface area contributed by atoms with Crippen LogP contribution in [-0.2, 0) is 0 Å². The van der Waals surface area contributed by atoms with Crippen molar-refractivity contribution in [3.63, 3.8) is 0 Å². The van der Waals surface area contributed by atoms with Crippen LogP contribution in [0.4, 0.5) is 5.69 Å². The number of hydrogen-bond acceptors (Lipinski definition) is 2. The van der Waals surface area contributed by atoms with Gasteiger partial charge in [-0.25, -0.2) is 0 Å². The minimum Gasteiger partial charge on any atom is -0.382 e. The van der Waals surface area contributed by atoms with E-state index in [1.165, 1.54) is 43.4 Å². The van der Waals surface area contributed by atoms with Crippen molar-refractivity contribution >= 4 is 5.69 Å². The molecule has 21 heavy (non-hydrogen) atoms. The maximum Gasteiger partial charge on any atom is 0.0650 e. The summed E-state index contributed by atoms with van der Waals surface area (Å²) in [6.45, 7) is 4.79. The molecule has 1 unspecified atom stereocenters. The van der Waals surface area contributed by atoms with E-state index in [-0.39, 0.29) is 0 Å². The van der Waals surface area contributed by atoms with E-state index in [4.69, 9.17) is 0 Å². The normalized spacial score (nSPS) is 21.7. The number of anilines is 1. The van der Waals surface area contributed by atoms with Gasteiger partial charge in [0.2, 0.25) is 0 Å². The largest absolute Gasteiger partial charge is 0.382 e. The van der Waals surface area contributed by atoms with Crippen molar-refractivity contribution in [3.05, 3.63) is 36.5 Å². The van der Waals surface area contributed by atoms with E-state index in [1.807, 2.05) is 6.07 Å². The third-order valence-corrected chi connectivity index (χ3v) is 4.62. The lowest BCUT2D eigenvalue weighted by atomic mass is 9.85. The van der Waals surface area contributed by atoms with Crippen LogP contribution in [0.5, 0.6) is 0 Å². The van der Waals surface area contributed by atoms with Gasteiger partial charge in [0, 0.05) is 23.5 Å². The Morgan fingerprint density at radius 3 is 2.90 bits per heavy atom. The van der Waals surface area contributed by atoms with E-state index in [0.29, 0.717) is 11.5 Å². The Kier molecular flexibility index (Phi) is 4.00. The zero-order chi connectivity index (χ0) is 14.7. The molecule has 2 N–H and O–H groups in total. The van der Waals surface area contributed by atoms with Gasteiger partial charge in [-0.1, -0.05) is 32.4 Å². The fourth-order valence-electron chi connectivity index (χ4n) is 3.23. The van der Waals surface area contributed by atoms with E-state index < -0.39 is 0 Å². The summed E-state index contributed by atoms with van der Waals surface area (Å²) < 4.78 is 0. The first-order valence-electron chi connectivity index (χ1n) is 7.99. The summed E-state index contributed by atoms with van der Waals surface area (Å²) in [6.07, 6.45) is 8.32. The van der Waals surface area contributed by atoms with E-state index in [9.17, 15) is 0 Å². The number of benzene rings is 1. The van der Waals surface area contributed by atoms with Crippen LogP contribution in [0.15, 0.2) is 36.5 Å². The summed E-state index contributed by atoms with van der Waals surface area (Å²) in [5.74, 6) is 0. The standard InChI is InChI=1S/C18H25N3/c1-18(2)10-4-7-15(8-11-18)20-16-6-3-5-14(13-16)17-9-12-19-21-17/h3,5-6,9,12-13,15,20H,4,7-8,10-11H2,1-2H3,(H,19,21). The molecule has 1 aromatic heterocycles. The maximum atomic E-state index is 4.03. The van der Waals surface area contributed by atoms with Crippen LogP contribution >= 0.6 is 0 Å². The molecule has 0 spiro atoms. The van der Waals surface area contributed by atoms with Gasteiger partial charge in [-0.2, -0.15) is 5.10 Å². The van der Waals surface area contributed by atoms with Crippen molar-refractivity contribution in [2.75, 3.05) is 5.32 Å². The van der Waals surface area contributed by atoms with Crippen LogP contribution in [0.25, 0.3) is 11.3 Å². The Labute approximate surface area is 127 Å². The topological polar surface area (TPSA) is 40.7 Å². The first-order valence-corrected chi connectivity index (χ1v) is 7.99. The van der Waals surface area contributed by atoms with Crippen LogP contribution in [0.2, 0.25) is 0 Å². The summed E-state index contributed by atoms with van der Waals surface area (Å²) in [5.41, 5.74) is 3.98. The zero-order valence-corrected chi connectivity index (χ0v) is 13.0. The molecule has 0 bridgehead atoms. The van der Waals surface area contributed by atoms with E-state index in [0.717, 1.165) is 5.69 Å². The molecule has 1 heterocycles. The number of aromatic amines is 1. The second-order valence-electron chi connectivity index (χ2n) is 6.99. The van der Waals surface area contributed by atoms with Gasteiger partial charge in [0.1, 0.15) is 0 Å². The molecule has 3 nitrogen and oxygen atoms in total.